The van der Waals surface area contributed by atoms with Gasteiger partial charge < -0.3 is 15.0 Å². The summed E-state index contributed by atoms with van der Waals surface area (Å²) in [5.41, 5.74) is 1.02. The van der Waals surface area contributed by atoms with Gasteiger partial charge in [0.2, 0.25) is 15.9 Å². The number of likely N-dealkylation sites (N-methyl/N-ethyl adjacent to an activating group) is 2. The number of rotatable bonds is 10. The molecule has 1 aromatic rings. The highest BCUT2D eigenvalue weighted by molar-refractivity contribution is 7.89. The molecule has 0 spiro atoms. The maximum Gasteiger partial charge on any atom is 0.307 e. The van der Waals surface area contributed by atoms with Crippen LogP contribution in [-0.4, -0.2) is 64.9 Å². The van der Waals surface area contributed by atoms with Crippen molar-refractivity contribution in [2.75, 3.05) is 33.8 Å². The van der Waals surface area contributed by atoms with Crippen LogP contribution >= 0.6 is 0 Å². The van der Waals surface area contributed by atoms with Gasteiger partial charge in [0.25, 0.3) is 5.91 Å². The molecule has 0 aliphatic heterocycles. The Bertz CT molecular complexity index is 790. The fourth-order valence-electron chi connectivity index (χ4n) is 2.11. The van der Waals surface area contributed by atoms with Gasteiger partial charge in [0.15, 0.2) is 6.61 Å². The van der Waals surface area contributed by atoms with E-state index in [0.29, 0.717) is 0 Å². The molecule has 28 heavy (non-hydrogen) atoms. The first-order chi connectivity index (χ1) is 13.1. The average Bonchev–Trinajstić information content (AvgIpc) is 2.65. The molecule has 0 aromatic heterocycles. The van der Waals surface area contributed by atoms with Crippen LogP contribution in [-0.2, 0) is 29.1 Å². The topological polar surface area (TPSA) is 122 Å². The lowest BCUT2D eigenvalue weighted by Crippen LogP contribution is -2.39. The minimum absolute atomic E-state index is 0.108. The van der Waals surface area contributed by atoms with E-state index in [-0.39, 0.29) is 36.2 Å². The van der Waals surface area contributed by atoms with Gasteiger partial charge in [0, 0.05) is 20.6 Å². The van der Waals surface area contributed by atoms with Crippen molar-refractivity contribution in [3.8, 4) is 0 Å². The first-order valence-corrected chi connectivity index (χ1v) is 10.2. The quantitative estimate of drug-likeness (QED) is 0.530. The van der Waals surface area contributed by atoms with Crippen molar-refractivity contribution in [3.63, 3.8) is 0 Å². The lowest BCUT2D eigenvalue weighted by Gasteiger charge is -2.15. The summed E-state index contributed by atoms with van der Waals surface area (Å²) in [6.45, 7) is 3.19. The maximum absolute atomic E-state index is 12.2. The van der Waals surface area contributed by atoms with Gasteiger partial charge in [-0.1, -0.05) is 26.0 Å². The predicted molar refractivity (Wildman–Crippen MR) is 103 cm³/mol. The summed E-state index contributed by atoms with van der Waals surface area (Å²) in [6, 6.07) is 6.51. The van der Waals surface area contributed by atoms with E-state index in [1.807, 2.05) is 13.8 Å². The lowest BCUT2D eigenvalue weighted by atomic mass is 10.0. The Morgan fingerprint density at radius 1 is 1.14 bits per heavy atom. The van der Waals surface area contributed by atoms with Gasteiger partial charge in [-0.25, -0.2) is 13.1 Å². The van der Waals surface area contributed by atoms with E-state index in [4.69, 9.17) is 4.74 Å². The van der Waals surface area contributed by atoms with Crippen molar-refractivity contribution in [3.05, 3.63) is 29.8 Å². The van der Waals surface area contributed by atoms with E-state index in [1.54, 1.807) is 12.1 Å². The van der Waals surface area contributed by atoms with Gasteiger partial charge in [-0.2, -0.15) is 0 Å². The van der Waals surface area contributed by atoms with E-state index >= 15 is 0 Å². The minimum atomic E-state index is -3.74. The number of ether oxygens (including phenoxy) is 1. The Morgan fingerprint density at radius 3 is 2.29 bits per heavy atom. The van der Waals surface area contributed by atoms with Crippen molar-refractivity contribution in [1.82, 2.24) is 14.9 Å². The number of carbonyl (C=O) groups is 3. The third kappa shape index (κ3) is 7.65. The van der Waals surface area contributed by atoms with Crippen LogP contribution in [0.15, 0.2) is 29.2 Å². The molecule has 2 N–H and O–H groups in total. The second-order valence-corrected chi connectivity index (χ2v) is 8.22. The number of benzene rings is 1. The zero-order chi connectivity index (χ0) is 21.3. The highest BCUT2D eigenvalue weighted by Crippen LogP contribution is 2.17. The smallest absolute Gasteiger partial charge is 0.307 e. The van der Waals surface area contributed by atoms with Crippen molar-refractivity contribution in [2.45, 2.75) is 31.1 Å². The Hall–Kier alpha value is -2.46. The van der Waals surface area contributed by atoms with E-state index < -0.39 is 28.5 Å². The van der Waals surface area contributed by atoms with E-state index in [9.17, 15) is 22.8 Å². The average molecular weight is 413 g/mol. The molecule has 0 bridgehead atoms. The van der Waals surface area contributed by atoms with Crippen LogP contribution in [0.2, 0.25) is 0 Å². The summed E-state index contributed by atoms with van der Waals surface area (Å²) in [7, 11) is -0.885. The summed E-state index contributed by atoms with van der Waals surface area (Å²) >= 11 is 0. The number of nitrogens with one attached hydrogen (secondary N) is 2. The van der Waals surface area contributed by atoms with Crippen molar-refractivity contribution in [2.24, 2.45) is 0 Å². The van der Waals surface area contributed by atoms with Crippen LogP contribution in [0.1, 0.15) is 31.7 Å². The molecule has 9 nitrogen and oxygen atoms in total. The van der Waals surface area contributed by atoms with Gasteiger partial charge in [0.05, 0.1) is 17.9 Å². The third-order valence-electron chi connectivity index (χ3n) is 3.92. The van der Waals surface area contributed by atoms with Crippen molar-refractivity contribution < 1.29 is 27.5 Å². The number of amides is 2. The maximum atomic E-state index is 12.2. The van der Waals surface area contributed by atoms with Crippen molar-refractivity contribution >= 4 is 27.8 Å². The fraction of sp³-hybridized carbons (Fsp3) is 0.500. The second-order valence-electron chi connectivity index (χ2n) is 6.46. The van der Waals surface area contributed by atoms with E-state index in [0.717, 1.165) is 10.5 Å². The number of sulfonamides is 1. The first kappa shape index (κ1) is 23.6. The fourth-order valence-corrected chi connectivity index (χ4v) is 3.14. The van der Waals surface area contributed by atoms with Gasteiger partial charge in [-0.3, -0.25) is 14.4 Å². The van der Waals surface area contributed by atoms with Crippen LogP contribution in [0, 0.1) is 0 Å². The Balaban J connectivity index is 2.42. The molecule has 0 saturated carbocycles. The van der Waals surface area contributed by atoms with Gasteiger partial charge >= 0.3 is 5.97 Å². The normalized spacial score (nSPS) is 11.2. The van der Waals surface area contributed by atoms with Gasteiger partial charge in [-0.15, -0.1) is 0 Å². The molecular formula is C18H27N3O6S. The molecule has 0 heterocycles. The zero-order valence-corrected chi connectivity index (χ0v) is 17.3. The molecule has 156 valence electrons. The molecule has 10 heteroatoms. The van der Waals surface area contributed by atoms with E-state index in [2.05, 4.69) is 10.0 Å². The highest BCUT2D eigenvalue weighted by atomic mass is 32.2. The molecule has 0 radical (unpaired) electrons. The summed E-state index contributed by atoms with van der Waals surface area (Å²) in [4.78, 5) is 35.9. The van der Waals surface area contributed by atoms with Crippen LogP contribution < -0.4 is 10.0 Å². The molecule has 0 aliphatic carbocycles. The number of nitrogens with zero attached hydrogens (tertiary/aromatic N) is 1. The molecule has 0 aliphatic rings. The standard InChI is InChI=1S/C18H27N3O6S/c1-13(2)14-5-7-15(8-6-14)28(25,26)20-10-9-18(24)27-12-17(23)21(4)11-16(22)19-3/h5-8,13,20H,9-12H2,1-4H3,(H,19,22). The number of esters is 1. The van der Waals surface area contributed by atoms with Crippen LogP contribution in [0.5, 0.6) is 0 Å². The number of hydrogen-bond donors (Lipinski definition) is 2. The lowest BCUT2D eigenvalue weighted by molar-refractivity contribution is -0.151. The predicted octanol–water partition coefficient (Wildman–Crippen LogP) is 0.226. The molecule has 0 unspecified atom stereocenters. The molecule has 1 rings (SSSR count). The molecule has 2 amide bonds. The summed E-state index contributed by atoms with van der Waals surface area (Å²) in [6.07, 6.45) is -0.226. The van der Waals surface area contributed by atoms with Crippen LogP contribution in [0.4, 0.5) is 0 Å². The molecule has 0 atom stereocenters. The third-order valence-corrected chi connectivity index (χ3v) is 5.40. The van der Waals surface area contributed by atoms with Crippen LogP contribution in [0.25, 0.3) is 0 Å². The SMILES string of the molecule is CNC(=O)CN(C)C(=O)COC(=O)CCNS(=O)(=O)c1ccc(C(C)C)cc1. The monoisotopic (exact) mass is 413 g/mol. The second kappa shape index (κ2) is 10.8. The highest BCUT2D eigenvalue weighted by Gasteiger charge is 2.17. The zero-order valence-electron chi connectivity index (χ0n) is 16.5. The number of carbonyl (C=O) groups excluding carboxylic acids is 3. The van der Waals surface area contributed by atoms with Crippen LogP contribution in [0.3, 0.4) is 0 Å². The number of hydrogen-bond acceptors (Lipinski definition) is 6. The Labute approximate surface area is 165 Å². The molecule has 1 aromatic carbocycles. The summed E-state index contributed by atoms with van der Waals surface area (Å²) in [5.74, 6) is -1.32. The molecular weight excluding hydrogens is 386 g/mol. The summed E-state index contributed by atoms with van der Waals surface area (Å²) < 4.78 is 31.6. The largest absolute Gasteiger partial charge is 0.456 e. The van der Waals surface area contributed by atoms with Gasteiger partial charge in [-0.05, 0) is 23.6 Å². The van der Waals surface area contributed by atoms with Gasteiger partial charge in [0.1, 0.15) is 0 Å². The summed E-state index contributed by atoms with van der Waals surface area (Å²) in [5, 5.41) is 2.37. The molecule has 0 fully saturated rings. The van der Waals surface area contributed by atoms with Crippen molar-refractivity contribution in [1.29, 1.82) is 0 Å². The van der Waals surface area contributed by atoms with E-state index in [1.165, 1.54) is 26.2 Å². The minimum Gasteiger partial charge on any atom is -0.456 e. The molecule has 0 saturated heterocycles. The Kier molecular flexibility index (Phi) is 9.07. The first-order valence-electron chi connectivity index (χ1n) is 8.76. The Morgan fingerprint density at radius 2 is 1.75 bits per heavy atom.